The molecule has 0 unspecified atom stereocenters. The van der Waals surface area contributed by atoms with Crippen LogP contribution in [0.25, 0.3) is 11.3 Å². The second-order valence-electron chi connectivity index (χ2n) is 3.33. The molecule has 0 bridgehead atoms. The number of anilines is 2. The van der Waals surface area contributed by atoms with Gasteiger partial charge in [0.25, 0.3) is 5.69 Å². The summed E-state index contributed by atoms with van der Waals surface area (Å²) >= 11 is 0. The summed E-state index contributed by atoms with van der Waals surface area (Å²) in [6.07, 6.45) is 1.17. The Bertz CT molecular complexity index is 567. The number of nitro groups is 1. The Morgan fingerprint density at radius 1 is 1.18 bits per heavy atom. The first-order chi connectivity index (χ1) is 8.08. The van der Waals surface area contributed by atoms with Gasteiger partial charge in [-0.05, 0) is 18.2 Å². The first-order valence-electron chi connectivity index (χ1n) is 4.71. The van der Waals surface area contributed by atoms with Gasteiger partial charge in [-0.3, -0.25) is 10.1 Å². The molecule has 0 atom stereocenters. The molecule has 4 N–H and O–H groups in total. The number of pyridine rings is 2. The van der Waals surface area contributed by atoms with Gasteiger partial charge < -0.3 is 11.5 Å². The van der Waals surface area contributed by atoms with Crippen LogP contribution in [0.1, 0.15) is 0 Å². The van der Waals surface area contributed by atoms with Gasteiger partial charge in [-0.15, -0.1) is 0 Å². The molecule has 0 aliphatic carbocycles. The van der Waals surface area contributed by atoms with E-state index in [0.717, 1.165) is 0 Å². The monoisotopic (exact) mass is 231 g/mol. The second kappa shape index (κ2) is 4.05. The number of hydrogen-bond acceptors (Lipinski definition) is 6. The molecule has 7 nitrogen and oxygen atoms in total. The number of nitrogens with zero attached hydrogens (tertiary/aromatic N) is 3. The zero-order chi connectivity index (χ0) is 12.4. The quantitative estimate of drug-likeness (QED) is 0.591. The minimum absolute atomic E-state index is 0.0734. The molecule has 0 amide bonds. The largest absolute Gasteiger partial charge is 0.384 e. The normalized spacial score (nSPS) is 10.1. The molecule has 2 aromatic heterocycles. The van der Waals surface area contributed by atoms with Gasteiger partial charge in [-0.1, -0.05) is 0 Å². The van der Waals surface area contributed by atoms with Crippen molar-refractivity contribution in [2.75, 3.05) is 11.5 Å². The highest BCUT2D eigenvalue weighted by molar-refractivity contribution is 5.72. The van der Waals surface area contributed by atoms with Crippen LogP contribution in [0.15, 0.2) is 30.5 Å². The van der Waals surface area contributed by atoms with E-state index in [4.69, 9.17) is 11.5 Å². The lowest BCUT2D eigenvalue weighted by Gasteiger charge is -2.04. The predicted octanol–water partition coefficient (Wildman–Crippen LogP) is 1.22. The molecule has 0 fully saturated rings. The summed E-state index contributed by atoms with van der Waals surface area (Å²) < 4.78 is 0. The average molecular weight is 231 g/mol. The van der Waals surface area contributed by atoms with Crippen LogP contribution in [0.5, 0.6) is 0 Å². The summed E-state index contributed by atoms with van der Waals surface area (Å²) in [4.78, 5) is 17.8. The highest BCUT2D eigenvalue weighted by Crippen LogP contribution is 2.24. The van der Waals surface area contributed by atoms with Crippen molar-refractivity contribution in [3.05, 3.63) is 40.6 Å². The van der Waals surface area contributed by atoms with Crippen molar-refractivity contribution in [2.24, 2.45) is 0 Å². The van der Waals surface area contributed by atoms with Crippen LogP contribution >= 0.6 is 0 Å². The summed E-state index contributed by atoms with van der Waals surface area (Å²) in [5.74, 6) is 0.555. The average Bonchev–Trinajstić information content (AvgIpc) is 2.29. The lowest BCUT2D eigenvalue weighted by atomic mass is 10.1. The fraction of sp³-hybridized carbons (Fsp3) is 0. The van der Waals surface area contributed by atoms with E-state index in [1.54, 1.807) is 12.1 Å². The number of aromatic nitrogens is 2. The molecule has 0 radical (unpaired) electrons. The highest BCUT2D eigenvalue weighted by atomic mass is 16.6. The minimum Gasteiger partial charge on any atom is -0.384 e. The van der Waals surface area contributed by atoms with E-state index in [1.165, 1.54) is 18.3 Å². The summed E-state index contributed by atoms with van der Waals surface area (Å²) in [6, 6.07) is 6.14. The highest BCUT2D eigenvalue weighted by Gasteiger charge is 2.09. The van der Waals surface area contributed by atoms with Crippen LogP contribution in [-0.4, -0.2) is 14.9 Å². The molecule has 0 aliphatic heterocycles. The van der Waals surface area contributed by atoms with E-state index in [0.29, 0.717) is 17.1 Å². The zero-order valence-corrected chi connectivity index (χ0v) is 8.70. The topological polar surface area (TPSA) is 121 Å². The molecule has 0 saturated carbocycles. The molecule has 0 saturated heterocycles. The number of hydrogen-bond donors (Lipinski definition) is 2. The van der Waals surface area contributed by atoms with Crippen molar-refractivity contribution in [1.29, 1.82) is 0 Å². The Balaban J connectivity index is 2.43. The van der Waals surface area contributed by atoms with Crippen molar-refractivity contribution in [3.8, 4) is 11.3 Å². The lowest BCUT2D eigenvalue weighted by Crippen LogP contribution is -1.99. The number of rotatable bonds is 2. The Labute approximate surface area is 96.3 Å². The SMILES string of the molecule is Nc1ccc(-c2ccc([N+](=O)[O-])cn2)c(N)n1. The van der Waals surface area contributed by atoms with Crippen molar-refractivity contribution < 1.29 is 4.92 Å². The van der Waals surface area contributed by atoms with E-state index in [1.807, 2.05) is 0 Å². The molecule has 2 heterocycles. The van der Waals surface area contributed by atoms with Crippen LogP contribution < -0.4 is 11.5 Å². The standard InChI is InChI=1S/C10H9N5O2/c11-9-4-2-7(10(12)14-9)8-3-1-6(5-13-8)15(16)17/h1-5H,(H4,11,12,14). The third kappa shape index (κ3) is 2.12. The van der Waals surface area contributed by atoms with Crippen molar-refractivity contribution in [1.82, 2.24) is 9.97 Å². The van der Waals surface area contributed by atoms with Gasteiger partial charge in [-0.2, -0.15) is 0 Å². The van der Waals surface area contributed by atoms with Crippen LogP contribution in [-0.2, 0) is 0 Å². The molecule has 86 valence electrons. The maximum Gasteiger partial charge on any atom is 0.287 e. The molecule has 2 aromatic rings. The summed E-state index contributed by atoms with van der Waals surface area (Å²) in [5.41, 5.74) is 12.2. The second-order valence-corrected chi connectivity index (χ2v) is 3.33. The Morgan fingerprint density at radius 2 is 1.94 bits per heavy atom. The van der Waals surface area contributed by atoms with Crippen LogP contribution in [0.3, 0.4) is 0 Å². The Morgan fingerprint density at radius 3 is 2.47 bits per heavy atom. The molecule has 0 aromatic carbocycles. The summed E-state index contributed by atoms with van der Waals surface area (Å²) in [6.45, 7) is 0. The van der Waals surface area contributed by atoms with E-state index in [2.05, 4.69) is 9.97 Å². The first-order valence-corrected chi connectivity index (χ1v) is 4.71. The van der Waals surface area contributed by atoms with Gasteiger partial charge >= 0.3 is 0 Å². The Hall–Kier alpha value is -2.70. The molecular formula is C10H9N5O2. The Kier molecular flexibility index (Phi) is 2.57. The minimum atomic E-state index is -0.513. The van der Waals surface area contributed by atoms with E-state index < -0.39 is 4.92 Å². The zero-order valence-electron chi connectivity index (χ0n) is 8.70. The van der Waals surface area contributed by atoms with Crippen LogP contribution in [0.4, 0.5) is 17.3 Å². The molecule has 7 heteroatoms. The van der Waals surface area contributed by atoms with Gasteiger partial charge in [0.2, 0.25) is 0 Å². The van der Waals surface area contributed by atoms with Gasteiger partial charge in [0.15, 0.2) is 0 Å². The third-order valence-electron chi connectivity index (χ3n) is 2.18. The fourth-order valence-corrected chi connectivity index (χ4v) is 1.36. The number of nitrogens with two attached hydrogens (primary N) is 2. The van der Waals surface area contributed by atoms with Crippen LogP contribution in [0, 0.1) is 10.1 Å². The molecule has 0 spiro atoms. The predicted molar refractivity (Wildman–Crippen MR) is 62.9 cm³/mol. The third-order valence-corrected chi connectivity index (χ3v) is 2.18. The first kappa shape index (κ1) is 10.8. The van der Waals surface area contributed by atoms with Gasteiger partial charge in [0.05, 0.1) is 10.6 Å². The summed E-state index contributed by atoms with van der Waals surface area (Å²) in [5, 5.41) is 10.5. The van der Waals surface area contributed by atoms with Crippen molar-refractivity contribution >= 4 is 17.3 Å². The van der Waals surface area contributed by atoms with Gasteiger partial charge in [0.1, 0.15) is 17.8 Å². The van der Waals surface area contributed by atoms with Gasteiger partial charge in [-0.25, -0.2) is 9.97 Å². The molecule has 0 aliphatic rings. The van der Waals surface area contributed by atoms with E-state index in [-0.39, 0.29) is 11.5 Å². The van der Waals surface area contributed by atoms with Gasteiger partial charge in [0, 0.05) is 11.6 Å². The fourth-order valence-electron chi connectivity index (χ4n) is 1.36. The van der Waals surface area contributed by atoms with E-state index in [9.17, 15) is 10.1 Å². The molecule has 17 heavy (non-hydrogen) atoms. The maximum atomic E-state index is 10.5. The van der Waals surface area contributed by atoms with Crippen molar-refractivity contribution in [2.45, 2.75) is 0 Å². The number of nitrogen functional groups attached to an aromatic ring is 2. The van der Waals surface area contributed by atoms with E-state index >= 15 is 0 Å². The molecular weight excluding hydrogens is 222 g/mol. The smallest absolute Gasteiger partial charge is 0.287 e. The van der Waals surface area contributed by atoms with Crippen LogP contribution in [0.2, 0.25) is 0 Å². The summed E-state index contributed by atoms with van der Waals surface area (Å²) in [7, 11) is 0. The van der Waals surface area contributed by atoms with Crippen molar-refractivity contribution in [3.63, 3.8) is 0 Å². The molecule has 2 rings (SSSR count). The maximum absolute atomic E-state index is 10.5. The lowest BCUT2D eigenvalue weighted by molar-refractivity contribution is -0.385.